The Morgan fingerprint density at radius 3 is 2.54 bits per heavy atom. The number of rotatable bonds is 3. The monoisotopic (exact) mass is 401 g/mol. The zero-order chi connectivity index (χ0) is 19.7. The molecular formula is C21H27N3O3S. The van der Waals surface area contributed by atoms with Crippen LogP contribution in [0.2, 0.25) is 0 Å². The zero-order valence-electron chi connectivity index (χ0n) is 16.2. The number of likely N-dealkylation sites (tertiary alicyclic amines) is 1. The number of H-pyrrole nitrogens is 1. The van der Waals surface area contributed by atoms with E-state index in [0.717, 1.165) is 37.2 Å². The van der Waals surface area contributed by atoms with Crippen molar-refractivity contribution in [2.75, 3.05) is 24.6 Å². The van der Waals surface area contributed by atoms with Gasteiger partial charge in [0.2, 0.25) is 5.91 Å². The highest BCUT2D eigenvalue weighted by Crippen LogP contribution is 2.35. The summed E-state index contributed by atoms with van der Waals surface area (Å²) < 4.78 is 23.2. The maximum atomic E-state index is 12.8. The van der Waals surface area contributed by atoms with Gasteiger partial charge in [-0.1, -0.05) is 29.8 Å². The highest BCUT2D eigenvalue weighted by atomic mass is 32.2. The second-order valence-electron chi connectivity index (χ2n) is 8.09. The van der Waals surface area contributed by atoms with Gasteiger partial charge in [0.25, 0.3) is 0 Å². The second-order valence-corrected chi connectivity index (χ2v) is 10.4. The number of aryl methyl sites for hydroxylation is 1. The number of nitrogens with one attached hydrogen (secondary N) is 1. The molecule has 2 aliphatic rings. The molecule has 0 atom stereocenters. The second kappa shape index (κ2) is 7.70. The van der Waals surface area contributed by atoms with Crippen molar-refractivity contribution < 1.29 is 13.2 Å². The number of aromatic amines is 1. The topological polar surface area (TPSA) is 83.1 Å². The molecule has 0 unspecified atom stereocenters. The molecular weight excluding hydrogens is 374 g/mol. The SMILES string of the molecule is Cc1cccc(-c2cn[nH]c2C2CCN(C(=O)C3CCS(=O)(=O)CC3)CC2)c1. The third-order valence-electron chi connectivity index (χ3n) is 6.12. The number of benzene rings is 1. The number of piperidine rings is 1. The number of sulfone groups is 1. The van der Waals surface area contributed by atoms with Crippen LogP contribution in [0.1, 0.15) is 42.9 Å². The summed E-state index contributed by atoms with van der Waals surface area (Å²) in [6.45, 7) is 3.53. The van der Waals surface area contributed by atoms with Crippen LogP contribution in [0.3, 0.4) is 0 Å². The largest absolute Gasteiger partial charge is 0.342 e. The molecule has 6 nitrogen and oxygen atoms in total. The van der Waals surface area contributed by atoms with Crippen molar-refractivity contribution in [3.8, 4) is 11.1 Å². The number of hydrogen-bond acceptors (Lipinski definition) is 4. The van der Waals surface area contributed by atoms with E-state index >= 15 is 0 Å². The summed E-state index contributed by atoms with van der Waals surface area (Å²) in [6.07, 6.45) is 4.64. The molecule has 7 heteroatoms. The van der Waals surface area contributed by atoms with Gasteiger partial charge in [-0.3, -0.25) is 9.89 Å². The van der Waals surface area contributed by atoms with Crippen LogP contribution < -0.4 is 0 Å². The number of nitrogens with zero attached hydrogens (tertiary/aromatic N) is 2. The molecule has 2 aliphatic heterocycles. The summed E-state index contributed by atoms with van der Waals surface area (Å²) in [4.78, 5) is 14.7. The van der Waals surface area contributed by atoms with Crippen LogP contribution in [-0.2, 0) is 14.6 Å². The Balaban J connectivity index is 1.40. The van der Waals surface area contributed by atoms with Crippen LogP contribution in [0.15, 0.2) is 30.5 Å². The van der Waals surface area contributed by atoms with Gasteiger partial charge < -0.3 is 4.90 Å². The van der Waals surface area contributed by atoms with E-state index in [1.54, 1.807) is 0 Å². The van der Waals surface area contributed by atoms with Crippen LogP contribution in [0, 0.1) is 12.8 Å². The van der Waals surface area contributed by atoms with E-state index in [9.17, 15) is 13.2 Å². The Morgan fingerprint density at radius 1 is 1.14 bits per heavy atom. The molecule has 0 spiro atoms. The van der Waals surface area contributed by atoms with Crippen LogP contribution in [0.4, 0.5) is 0 Å². The summed E-state index contributed by atoms with van der Waals surface area (Å²) in [6, 6.07) is 8.43. The van der Waals surface area contributed by atoms with Crippen LogP contribution in [-0.4, -0.2) is 54.0 Å². The fourth-order valence-corrected chi connectivity index (χ4v) is 5.93. The molecule has 28 heavy (non-hydrogen) atoms. The lowest BCUT2D eigenvalue weighted by atomic mass is 9.88. The van der Waals surface area contributed by atoms with Crippen LogP contribution >= 0.6 is 0 Å². The minimum atomic E-state index is -2.93. The number of aromatic nitrogens is 2. The summed E-state index contributed by atoms with van der Waals surface area (Å²) in [5.74, 6) is 0.655. The summed E-state index contributed by atoms with van der Waals surface area (Å²) in [7, 11) is -2.93. The van der Waals surface area contributed by atoms with Crippen molar-refractivity contribution in [2.45, 2.75) is 38.5 Å². The van der Waals surface area contributed by atoms with Crippen molar-refractivity contribution in [2.24, 2.45) is 5.92 Å². The molecule has 4 rings (SSSR count). The number of amides is 1. The van der Waals surface area contributed by atoms with E-state index in [-0.39, 0.29) is 23.3 Å². The van der Waals surface area contributed by atoms with Gasteiger partial charge in [-0.25, -0.2) is 8.42 Å². The summed E-state index contributed by atoms with van der Waals surface area (Å²) in [5, 5.41) is 7.47. The molecule has 2 saturated heterocycles. The van der Waals surface area contributed by atoms with Crippen molar-refractivity contribution in [1.82, 2.24) is 15.1 Å². The molecule has 1 aromatic heterocycles. The van der Waals surface area contributed by atoms with Crippen LogP contribution in [0.5, 0.6) is 0 Å². The first kappa shape index (κ1) is 19.2. The standard InChI is InChI=1S/C21H27N3O3S/c1-15-3-2-4-18(13-15)19-14-22-23-20(19)16-5-9-24(10-6-16)21(25)17-7-11-28(26,27)12-8-17/h2-4,13-14,16-17H,5-12H2,1H3,(H,22,23). The molecule has 150 valence electrons. The van der Waals surface area contributed by atoms with E-state index in [1.807, 2.05) is 11.1 Å². The van der Waals surface area contributed by atoms with E-state index < -0.39 is 9.84 Å². The molecule has 2 fully saturated rings. The fraction of sp³-hybridized carbons (Fsp3) is 0.524. The zero-order valence-corrected chi connectivity index (χ0v) is 17.0. The molecule has 3 heterocycles. The van der Waals surface area contributed by atoms with E-state index in [4.69, 9.17) is 0 Å². The third kappa shape index (κ3) is 3.99. The van der Waals surface area contributed by atoms with Crippen LogP contribution in [0.25, 0.3) is 11.1 Å². The first-order valence-corrected chi connectivity index (χ1v) is 11.8. The van der Waals surface area contributed by atoms with Crippen molar-refractivity contribution in [3.05, 3.63) is 41.7 Å². The average Bonchev–Trinajstić information content (AvgIpc) is 3.17. The summed E-state index contributed by atoms with van der Waals surface area (Å²) in [5.41, 5.74) is 4.69. The minimum absolute atomic E-state index is 0.130. The minimum Gasteiger partial charge on any atom is -0.342 e. The molecule has 0 aliphatic carbocycles. The van der Waals surface area contributed by atoms with Gasteiger partial charge in [0.05, 0.1) is 17.7 Å². The van der Waals surface area contributed by atoms with E-state index in [2.05, 4.69) is 41.4 Å². The Labute approximate surface area is 166 Å². The first-order chi connectivity index (χ1) is 13.4. The van der Waals surface area contributed by atoms with Gasteiger partial charge in [-0.15, -0.1) is 0 Å². The molecule has 0 radical (unpaired) electrons. The number of hydrogen-bond donors (Lipinski definition) is 1. The van der Waals surface area contributed by atoms with Gasteiger partial charge >= 0.3 is 0 Å². The van der Waals surface area contributed by atoms with Gasteiger partial charge in [-0.05, 0) is 38.2 Å². The van der Waals surface area contributed by atoms with Crippen molar-refractivity contribution in [3.63, 3.8) is 0 Å². The lowest BCUT2D eigenvalue weighted by molar-refractivity contribution is -0.136. The fourth-order valence-electron chi connectivity index (χ4n) is 4.43. The predicted octanol–water partition coefficient (Wildman–Crippen LogP) is 2.92. The molecule has 1 aromatic carbocycles. The predicted molar refractivity (Wildman–Crippen MR) is 109 cm³/mol. The lowest BCUT2D eigenvalue weighted by Gasteiger charge is -2.35. The molecule has 0 saturated carbocycles. The molecule has 2 aromatic rings. The van der Waals surface area contributed by atoms with Crippen molar-refractivity contribution >= 4 is 15.7 Å². The van der Waals surface area contributed by atoms with Gasteiger partial charge in [0.15, 0.2) is 0 Å². The smallest absolute Gasteiger partial charge is 0.225 e. The molecule has 0 bridgehead atoms. The maximum absolute atomic E-state index is 12.8. The van der Waals surface area contributed by atoms with Gasteiger partial charge in [0.1, 0.15) is 9.84 Å². The van der Waals surface area contributed by atoms with Gasteiger partial charge in [0, 0.05) is 36.2 Å². The number of carbonyl (C=O) groups is 1. The Kier molecular flexibility index (Phi) is 5.27. The maximum Gasteiger partial charge on any atom is 0.225 e. The average molecular weight is 402 g/mol. The lowest BCUT2D eigenvalue weighted by Crippen LogP contribution is -2.43. The Hall–Kier alpha value is -2.15. The third-order valence-corrected chi connectivity index (χ3v) is 7.83. The molecule has 1 amide bonds. The van der Waals surface area contributed by atoms with Gasteiger partial charge in [-0.2, -0.15) is 5.10 Å². The molecule has 1 N–H and O–H groups in total. The summed E-state index contributed by atoms with van der Waals surface area (Å²) >= 11 is 0. The Bertz CT molecular complexity index is 945. The highest BCUT2D eigenvalue weighted by Gasteiger charge is 2.33. The van der Waals surface area contributed by atoms with E-state index in [1.165, 1.54) is 11.1 Å². The Morgan fingerprint density at radius 2 is 1.86 bits per heavy atom. The van der Waals surface area contributed by atoms with E-state index in [0.29, 0.717) is 18.8 Å². The quantitative estimate of drug-likeness (QED) is 0.857. The van der Waals surface area contributed by atoms with Crippen molar-refractivity contribution in [1.29, 1.82) is 0 Å². The first-order valence-electron chi connectivity index (χ1n) is 10.0. The normalized spacial score (nSPS) is 21.0. The highest BCUT2D eigenvalue weighted by molar-refractivity contribution is 7.91. The number of carbonyl (C=O) groups excluding carboxylic acids is 1.